The normalized spacial score (nSPS) is 20.3. The van der Waals surface area contributed by atoms with Gasteiger partial charge in [-0.3, -0.25) is 9.69 Å². The van der Waals surface area contributed by atoms with Gasteiger partial charge >= 0.3 is 0 Å². The first-order valence-corrected chi connectivity index (χ1v) is 10.2. The highest BCUT2D eigenvalue weighted by Crippen LogP contribution is 2.25. The summed E-state index contributed by atoms with van der Waals surface area (Å²) in [6, 6.07) is 15.3. The number of benzene rings is 1. The molecule has 3 aromatic rings. The summed E-state index contributed by atoms with van der Waals surface area (Å²) in [7, 11) is 0. The van der Waals surface area contributed by atoms with Gasteiger partial charge in [-0.05, 0) is 49.4 Å². The van der Waals surface area contributed by atoms with Crippen molar-refractivity contribution < 1.29 is 4.79 Å². The van der Waals surface area contributed by atoms with Gasteiger partial charge in [0.25, 0.3) is 5.91 Å². The van der Waals surface area contributed by atoms with Crippen LogP contribution >= 0.6 is 0 Å². The van der Waals surface area contributed by atoms with Gasteiger partial charge in [-0.2, -0.15) is 0 Å². The maximum absolute atomic E-state index is 13.1. The first-order valence-electron chi connectivity index (χ1n) is 10.2. The maximum Gasteiger partial charge on any atom is 0.274 e. The predicted octanol–water partition coefficient (Wildman–Crippen LogP) is 2.96. The van der Waals surface area contributed by atoms with Crippen LogP contribution in [0.4, 0.5) is 0 Å². The molecule has 0 N–H and O–H groups in total. The molecular weight excluding hydrogens is 348 g/mol. The second-order valence-electron chi connectivity index (χ2n) is 7.97. The lowest BCUT2D eigenvalue weighted by molar-refractivity contribution is 0.0547. The Bertz CT molecular complexity index is 1020. The molecule has 1 atom stereocenters. The average Bonchev–Trinajstić information content (AvgIpc) is 3.10. The molecule has 2 aromatic heterocycles. The molecule has 0 saturated carbocycles. The van der Waals surface area contributed by atoms with E-state index in [4.69, 9.17) is 0 Å². The van der Waals surface area contributed by atoms with Gasteiger partial charge in [0.15, 0.2) is 0 Å². The fraction of sp³-hybridized carbons (Fsp3) is 0.391. The molecule has 0 bridgehead atoms. The number of pyridine rings is 1. The van der Waals surface area contributed by atoms with Crippen molar-refractivity contribution in [2.24, 2.45) is 0 Å². The Morgan fingerprint density at radius 3 is 2.54 bits per heavy atom. The Morgan fingerprint density at radius 2 is 1.75 bits per heavy atom. The summed E-state index contributed by atoms with van der Waals surface area (Å²) >= 11 is 0. The molecule has 3 heterocycles. The standard InChI is InChI=1S/C23H26N4O/c1-17-22(24-21-8-4-5-11-27(17)21)23(28)26-14-12-25(13-15-26)20-10-9-18-6-2-3-7-19(18)16-20/h2-8,11,20H,9-10,12-16H2,1H3. The first kappa shape index (κ1) is 17.4. The number of fused-ring (bicyclic) bond motifs is 2. The fourth-order valence-corrected chi connectivity index (χ4v) is 4.75. The van der Waals surface area contributed by atoms with Crippen molar-refractivity contribution in [3.05, 3.63) is 71.2 Å². The van der Waals surface area contributed by atoms with Crippen LogP contribution < -0.4 is 0 Å². The molecule has 1 aromatic carbocycles. The molecule has 5 rings (SSSR count). The van der Waals surface area contributed by atoms with Crippen LogP contribution in [0.15, 0.2) is 48.7 Å². The lowest BCUT2D eigenvalue weighted by atomic mass is 9.87. The van der Waals surface area contributed by atoms with Gasteiger partial charge in [0.05, 0.1) is 5.69 Å². The summed E-state index contributed by atoms with van der Waals surface area (Å²) in [6.45, 7) is 5.44. The van der Waals surface area contributed by atoms with E-state index in [-0.39, 0.29) is 5.91 Å². The summed E-state index contributed by atoms with van der Waals surface area (Å²) in [5.74, 6) is 0.0647. The van der Waals surface area contributed by atoms with E-state index in [9.17, 15) is 4.79 Å². The average molecular weight is 374 g/mol. The zero-order chi connectivity index (χ0) is 19.1. The number of carbonyl (C=O) groups is 1. The van der Waals surface area contributed by atoms with Gasteiger partial charge in [0, 0.05) is 38.4 Å². The Kier molecular flexibility index (Phi) is 4.40. The number of aromatic nitrogens is 2. The molecule has 1 fully saturated rings. The van der Waals surface area contributed by atoms with Crippen LogP contribution in [0.1, 0.15) is 33.7 Å². The van der Waals surface area contributed by atoms with Crippen LogP contribution in [0.3, 0.4) is 0 Å². The van der Waals surface area contributed by atoms with Gasteiger partial charge in [0.1, 0.15) is 11.3 Å². The Morgan fingerprint density at radius 1 is 1.00 bits per heavy atom. The number of hydrogen-bond acceptors (Lipinski definition) is 3. The molecule has 0 radical (unpaired) electrons. The van der Waals surface area contributed by atoms with Crippen LogP contribution in [-0.2, 0) is 12.8 Å². The van der Waals surface area contributed by atoms with E-state index >= 15 is 0 Å². The van der Waals surface area contributed by atoms with E-state index in [1.54, 1.807) is 0 Å². The van der Waals surface area contributed by atoms with Crippen molar-refractivity contribution in [2.75, 3.05) is 26.2 Å². The van der Waals surface area contributed by atoms with Crippen LogP contribution in [-0.4, -0.2) is 57.3 Å². The number of rotatable bonds is 2. The number of aryl methyl sites for hydroxylation is 2. The molecule has 1 unspecified atom stereocenters. The monoisotopic (exact) mass is 374 g/mol. The van der Waals surface area contributed by atoms with E-state index in [1.165, 1.54) is 24.0 Å². The molecule has 28 heavy (non-hydrogen) atoms. The summed E-state index contributed by atoms with van der Waals surface area (Å²) in [5, 5.41) is 0. The highest BCUT2D eigenvalue weighted by Gasteiger charge is 2.30. The van der Waals surface area contributed by atoms with E-state index in [1.807, 2.05) is 40.6 Å². The highest BCUT2D eigenvalue weighted by molar-refractivity contribution is 5.94. The molecule has 1 aliphatic heterocycles. The summed E-state index contributed by atoms with van der Waals surface area (Å²) in [6.07, 6.45) is 5.49. The predicted molar refractivity (Wildman–Crippen MR) is 110 cm³/mol. The maximum atomic E-state index is 13.1. The minimum atomic E-state index is 0.0647. The molecule has 1 amide bonds. The van der Waals surface area contributed by atoms with Crippen LogP contribution in [0, 0.1) is 6.92 Å². The number of carbonyl (C=O) groups excluding carboxylic acids is 1. The van der Waals surface area contributed by atoms with Gasteiger partial charge in [-0.25, -0.2) is 4.98 Å². The second-order valence-corrected chi connectivity index (χ2v) is 7.97. The summed E-state index contributed by atoms with van der Waals surface area (Å²) < 4.78 is 1.99. The van der Waals surface area contributed by atoms with Gasteiger partial charge in [0.2, 0.25) is 0 Å². The Labute approximate surface area is 165 Å². The zero-order valence-corrected chi connectivity index (χ0v) is 16.3. The van der Waals surface area contributed by atoms with Crippen LogP contribution in [0.2, 0.25) is 0 Å². The Hall–Kier alpha value is -2.66. The van der Waals surface area contributed by atoms with Crippen molar-refractivity contribution in [1.29, 1.82) is 0 Å². The third kappa shape index (κ3) is 3.00. The number of hydrogen-bond donors (Lipinski definition) is 0. The highest BCUT2D eigenvalue weighted by atomic mass is 16.2. The molecule has 0 spiro atoms. The van der Waals surface area contributed by atoms with Gasteiger partial charge < -0.3 is 9.30 Å². The lowest BCUT2D eigenvalue weighted by Gasteiger charge is -2.41. The van der Waals surface area contributed by atoms with Gasteiger partial charge in [-0.1, -0.05) is 30.3 Å². The number of imidazole rings is 1. The van der Waals surface area contributed by atoms with Crippen molar-refractivity contribution >= 4 is 11.6 Å². The molecular formula is C23H26N4O. The first-order chi connectivity index (χ1) is 13.7. The third-order valence-corrected chi connectivity index (χ3v) is 6.41. The molecule has 144 valence electrons. The quantitative estimate of drug-likeness (QED) is 0.692. The molecule has 5 heteroatoms. The molecule has 1 aliphatic carbocycles. The van der Waals surface area contributed by atoms with E-state index < -0.39 is 0 Å². The van der Waals surface area contributed by atoms with E-state index in [0.717, 1.165) is 43.9 Å². The van der Waals surface area contributed by atoms with Crippen molar-refractivity contribution in [3.63, 3.8) is 0 Å². The van der Waals surface area contributed by atoms with Crippen molar-refractivity contribution in [2.45, 2.75) is 32.2 Å². The minimum absolute atomic E-state index is 0.0647. The second kappa shape index (κ2) is 7.06. The van der Waals surface area contributed by atoms with Crippen molar-refractivity contribution in [1.82, 2.24) is 19.2 Å². The zero-order valence-electron chi connectivity index (χ0n) is 16.3. The Balaban J connectivity index is 1.26. The molecule has 1 saturated heterocycles. The number of nitrogens with zero attached hydrogens (tertiary/aromatic N) is 4. The van der Waals surface area contributed by atoms with Crippen molar-refractivity contribution in [3.8, 4) is 0 Å². The smallest absolute Gasteiger partial charge is 0.274 e. The largest absolute Gasteiger partial charge is 0.335 e. The number of amides is 1. The molecule has 2 aliphatic rings. The summed E-state index contributed by atoms with van der Waals surface area (Å²) in [4.78, 5) is 22.2. The third-order valence-electron chi connectivity index (χ3n) is 6.41. The topological polar surface area (TPSA) is 40.9 Å². The number of piperazine rings is 1. The lowest BCUT2D eigenvalue weighted by Crippen LogP contribution is -2.53. The van der Waals surface area contributed by atoms with Gasteiger partial charge in [-0.15, -0.1) is 0 Å². The van der Waals surface area contributed by atoms with E-state index in [0.29, 0.717) is 11.7 Å². The van der Waals surface area contributed by atoms with Crippen LogP contribution in [0.25, 0.3) is 5.65 Å². The van der Waals surface area contributed by atoms with E-state index in [2.05, 4.69) is 34.1 Å². The van der Waals surface area contributed by atoms with Crippen LogP contribution in [0.5, 0.6) is 0 Å². The molecule has 5 nitrogen and oxygen atoms in total. The minimum Gasteiger partial charge on any atom is -0.335 e. The SMILES string of the molecule is Cc1c(C(=O)N2CCN(C3CCc4ccccc4C3)CC2)nc2ccccn12. The summed E-state index contributed by atoms with van der Waals surface area (Å²) in [5.41, 5.74) is 5.36. The fourth-order valence-electron chi connectivity index (χ4n) is 4.75.